The number of aryl methyl sites for hydroxylation is 1. The van der Waals surface area contributed by atoms with Crippen molar-refractivity contribution in [3.8, 4) is 0 Å². The molecule has 0 unspecified atom stereocenters. The van der Waals surface area contributed by atoms with Gasteiger partial charge in [0.1, 0.15) is 0 Å². The van der Waals surface area contributed by atoms with Crippen molar-refractivity contribution < 1.29 is 4.79 Å². The molecular formula is C12H17N3O. The van der Waals surface area contributed by atoms with Crippen LogP contribution in [0.4, 0.5) is 0 Å². The Morgan fingerprint density at radius 1 is 1.06 bits per heavy atom. The number of carbonyl (C=O) groups is 1. The maximum Gasteiger partial charge on any atom is 0.280 e. The molecule has 0 saturated heterocycles. The van der Waals surface area contributed by atoms with Gasteiger partial charge in [0.05, 0.1) is 0 Å². The fourth-order valence-electron chi connectivity index (χ4n) is 1.61. The molecule has 0 radical (unpaired) electrons. The third-order valence-electron chi connectivity index (χ3n) is 2.94. The van der Waals surface area contributed by atoms with Gasteiger partial charge in [-0.2, -0.15) is 4.99 Å². The van der Waals surface area contributed by atoms with Gasteiger partial charge in [-0.1, -0.05) is 0 Å². The highest BCUT2D eigenvalue weighted by Crippen LogP contribution is 2.21. The number of amides is 1. The van der Waals surface area contributed by atoms with Gasteiger partial charge in [-0.25, -0.2) is 0 Å². The number of benzene rings is 1. The third-order valence-corrected chi connectivity index (χ3v) is 2.94. The van der Waals surface area contributed by atoms with Gasteiger partial charge in [0.2, 0.25) is 0 Å². The lowest BCUT2D eigenvalue weighted by Crippen LogP contribution is -2.24. The van der Waals surface area contributed by atoms with Crippen LogP contribution in [0.1, 0.15) is 32.6 Å². The molecule has 0 aromatic heterocycles. The summed E-state index contributed by atoms with van der Waals surface area (Å²) >= 11 is 0. The highest BCUT2D eigenvalue weighted by molar-refractivity contribution is 6.03. The van der Waals surface area contributed by atoms with E-state index in [9.17, 15) is 4.79 Å². The number of carbonyl (C=O) groups excluding carboxylic acids is 1. The number of hydrogen-bond donors (Lipinski definition) is 2. The highest BCUT2D eigenvalue weighted by Gasteiger charge is 2.13. The number of guanidine groups is 1. The molecule has 0 fully saturated rings. The zero-order valence-electron chi connectivity index (χ0n) is 10.1. The number of aliphatic imine (C=N–C) groups is 1. The Bertz CT molecular complexity index is 472. The molecule has 0 spiro atoms. The van der Waals surface area contributed by atoms with Crippen molar-refractivity contribution in [2.24, 2.45) is 16.5 Å². The third kappa shape index (κ3) is 2.21. The van der Waals surface area contributed by atoms with Gasteiger partial charge in [0.15, 0.2) is 5.96 Å². The van der Waals surface area contributed by atoms with Crippen LogP contribution in [0.2, 0.25) is 0 Å². The summed E-state index contributed by atoms with van der Waals surface area (Å²) in [4.78, 5) is 15.3. The molecule has 16 heavy (non-hydrogen) atoms. The second-order valence-electron chi connectivity index (χ2n) is 3.96. The molecule has 0 heterocycles. The van der Waals surface area contributed by atoms with Crippen LogP contribution in [0.15, 0.2) is 11.1 Å². The van der Waals surface area contributed by atoms with Crippen LogP contribution >= 0.6 is 0 Å². The Labute approximate surface area is 95.4 Å². The maximum absolute atomic E-state index is 11.7. The van der Waals surface area contributed by atoms with E-state index in [0.717, 1.165) is 16.7 Å². The van der Waals surface area contributed by atoms with Crippen molar-refractivity contribution in [3.05, 3.63) is 33.9 Å². The number of hydrogen-bond acceptors (Lipinski definition) is 1. The molecule has 0 bridgehead atoms. The van der Waals surface area contributed by atoms with Crippen LogP contribution in [-0.2, 0) is 0 Å². The second-order valence-corrected chi connectivity index (χ2v) is 3.96. The number of nitrogens with zero attached hydrogens (tertiary/aromatic N) is 1. The molecule has 86 valence electrons. The van der Waals surface area contributed by atoms with Crippen LogP contribution in [0, 0.1) is 27.7 Å². The Morgan fingerprint density at radius 3 is 2.12 bits per heavy atom. The van der Waals surface area contributed by atoms with Crippen molar-refractivity contribution in [1.29, 1.82) is 0 Å². The Hall–Kier alpha value is -1.84. The van der Waals surface area contributed by atoms with Crippen molar-refractivity contribution in [1.82, 2.24) is 0 Å². The minimum Gasteiger partial charge on any atom is -0.370 e. The van der Waals surface area contributed by atoms with E-state index in [2.05, 4.69) is 4.99 Å². The zero-order chi connectivity index (χ0) is 12.5. The average molecular weight is 219 g/mol. The van der Waals surface area contributed by atoms with Gasteiger partial charge >= 0.3 is 0 Å². The molecule has 4 heteroatoms. The summed E-state index contributed by atoms with van der Waals surface area (Å²) in [5, 5.41) is 0. The van der Waals surface area contributed by atoms with Gasteiger partial charge in [-0.3, -0.25) is 4.79 Å². The van der Waals surface area contributed by atoms with Crippen LogP contribution in [-0.4, -0.2) is 11.9 Å². The van der Waals surface area contributed by atoms with E-state index < -0.39 is 0 Å². The summed E-state index contributed by atoms with van der Waals surface area (Å²) in [6, 6.07) is 1.83. The predicted molar refractivity (Wildman–Crippen MR) is 65.5 cm³/mol. The minimum absolute atomic E-state index is 0.208. The number of nitrogens with two attached hydrogens (primary N) is 2. The van der Waals surface area contributed by atoms with Crippen LogP contribution in [0.25, 0.3) is 0 Å². The van der Waals surface area contributed by atoms with Gasteiger partial charge in [0.25, 0.3) is 5.91 Å². The number of rotatable bonds is 1. The summed E-state index contributed by atoms with van der Waals surface area (Å²) in [7, 11) is 0. The minimum atomic E-state index is -0.385. The molecule has 0 aliphatic rings. The molecule has 0 aliphatic heterocycles. The standard InChI is InChI=1S/C12H17N3O/c1-6-5-10(11(16)15-12(13)14)9(4)8(3)7(6)2/h5H,1-4H3,(H4,13,14,15,16). The van der Waals surface area contributed by atoms with Crippen LogP contribution in [0.5, 0.6) is 0 Å². The van der Waals surface area contributed by atoms with E-state index in [4.69, 9.17) is 11.5 Å². The summed E-state index contributed by atoms with van der Waals surface area (Å²) in [6.45, 7) is 7.89. The quantitative estimate of drug-likeness (QED) is 0.552. The van der Waals surface area contributed by atoms with E-state index in [1.165, 1.54) is 5.56 Å². The largest absolute Gasteiger partial charge is 0.370 e. The molecule has 1 amide bonds. The molecule has 0 atom stereocenters. The van der Waals surface area contributed by atoms with Gasteiger partial charge in [-0.05, 0) is 56.0 Å². The summed E-state index contributed by atoms with van der Waals surface area (Å²) in [5.74, 6) is -0.594. The fraction of sp³-hybridized carbons (Fsp3) is 0.333. The van der Waals surface area contributed by atoms with Crippen molar-refractivity contribution >= 4 is 11.9 Å². The van der Waals surface area contributed by atoms with E-state index in [-0.39, 0.29) is 11.9 Å². The predicted octanol–water partition coefficient (Wildman–Crippen LogP) is 1.33. The first kappa shape index (κ1) is 12.2. The SMILES string of the molecule is Cc1cc(C(=O)N=C(N)N)c(C)c(C)c1C. The Kier molecular flexibility index (Phi) is 3.32. The van der Waals surface area contributed by atoms with Gasteiger partial charge in [-0.15, -0.1) is 0 Å². The second kappa shape index (κ2) is 4.35. The van der Waals surface area contributed by atoms with E-state index in [1.807, 2.05) is 33.8 Å². The first-order valence-corrected chi connectivity index (χ1v) is 5.06. The first-order chi connectivity index (χ1) is 7.34. The molecule has 1 rings (SSSR count). The van der Waals surface area contributed by atoms with E-state index >= 15 is 0 Å². The highest BCUT2D eigenvalue weighted by atomic mass is 16.1. The van der Waals surface area contributed by atoms with Crippen molar-refractivity contribution in [2.75, 3.05) is 0 Å². The topological polar surface area (TPSA) is 81.5 Å². The monoisotopic (exact) mass is 219 g/mol. The lowest BCUT2D eigenvalue weighted by Gasteiger charge is -2.11. The Morgan fingerprint density at radius 2 is 1.62 bits per heavy atom. The van der Waals surface area contributed by atoms with E-state index in [0.29, 0.717) is 5.56 Å². The zero-order valence-corrected chi connectivity index (χ0v) is 10.1. The van der Waals surface area contributed by atoms with E-state index in [1.54, 1.807) is 0 Å². The maximum atomic E-state index is 11.7. The smallest absolute Gasteiger partial charge is 0.280 e. The fourth-order valence-corrected chi connectivity index (χ4v) is 1.61. The molecule has 1 aromatic rings. The van der Waals surface area contributed by atoms with Crippen molar-refractivity contribution in [2.45, 2.75) is 27.7 Å². The molecular weight excluding hydrogens is 202 g/mol. The molecule has 4 nitrogen and oxygen atoms in total. The van der Waals surface area contributed by atoms with Crippen LogP contribution in [0.3, 0.4) is 0 Å². The average Bonchev–Trinajstić information content (AvgIpc) is 2.19. The lowest BCUT2D eigenvalue weighted by molar-refractivity contribution is 0.100. The molecule has 1 aromatic carbocycles. The van der Waals surface area contributed by atoms with Crippen LogP contribution < -0.4 is 11.5 Å². The Balaban J connectivity index is 3.37. The molecule has 0 saturated carbocycles. The van der Waals surface area contributed by atoms with Crippen molar-refractivity contribution in [3.63, 3.8) is 0 Å². The normalized spacial score (nSPS) is 10.0. The molecule has 0 aliphatic carbocycles. The molecule has 4 N–H and O–H groups in total. The first-order valence-electron chi connectivity index (χ1n) is 5.06. The van der Waals surface area contributed by atoms with Gasteiger partial charge < -0.3 is 11.5 Å². The summed E-state index contributed by atoms with van der Waals surface area (Å²) < 4.78 is 0. The lowest BCUT2D eigenvalue weighted by atomic mass is 9.94. The van der Waals surface area contributed by atoms with Gasteiger partial charge in [0, 0.05) is 5.56 Å². The summed E-state index contributed by atoms with van der Waals surface area (Å²) in [6.07, 6.45) is 0. The summed E-state index contributed by atoms with van der Waals surface area (Å²) in [5.41, 5.74) is 15.2.